The molecule has 0 aromatic carbocycles. The van der Waals surface area contributed by atoms with Crippen LogP contribution in [0.4, 0.5) is 0 Å². The topological polar surface area (TPSA) is 0 Å². The summed E-state index contributed by atoms with van der Waals surface area (Å²) in [4.78, 5) is 0. The molecule has 0 spiro atoms. The smallest absolute Gasteiger partial charge is 0.00545 e. The Bertz CT molecular complexity index is 78.6. The van der Waals surface area contributed by atoms with E-state index in [0.29, 0.717) is 0 Å². The van der Waals surface area contributed by atoms with Gasteiger partial charge in [0.15, 0.2) is 0 Å². The molecule has 0 aromatic heterocycles. The zero-order chi connectivity index (χ0) is 7.11. The zero-order valence-corrected chi connectivity index (χ0v) is 7.42. The molecule has 0 N–H and O–H groups in total. The highest BCUT2D eigenvalue weighted by Crippen LogP contribution is 2.12. The van der Waals surface area contributed by atoms with E-state index in [9.17, 15) is 0 Å². The second-order valence-electron chi connectivity index (χ2n) is 1.94. The molecule has 0 aliphatic carbocycles. The van der Waals surface area contributed by atoms with Crippen molar-refractivity contribution < 1.29 is 0 Å². The maximum absolute atomic E-state index is 2.29. The quantitative estimate of drug-likeness (QED) is 0.582. The molecule has 54 valence electrons. The summed E-state index contributed by atoms with van der Waals surface area (Å²) >= 11 is 1.90. The lowest BCUT2D eigenvalue weighted by atomic mass is 10.2. The SMILES string of the molecule is CCSC=C(CC)CC. The molecule has 0 rings (SSSR count). The third-order valence-electron chi connectivity index (χ3n) is 1.32. The summed E-state index contributed by atoms with van der Waals surface area (Å²) in [6.07, 6.45) is 2.42. The van der Waals surface area contributed by atoms with Crippen molar-refractivity contribution >= 4 is 11.8 Å². The highest BCUT2D eigenvalue weighted by atomic mass is 32.2. The molecule has 9 heavy (non-hydrogen) atoms. The van der Waals surface area contributed by atoms with Gasteiger partial charge in [0, 0.05) is 0 Å². The number of hydrogen-bond donors (Lipinski definition) is 0. The van der Waals surface area contributed by atoms with E-state index in [0.717, 1.165) is 0 Å². The van der Waals surface area contributed by atoms with E-state index in [4.69, 9.17) is 0 Å². The summed E-state index contributed by atoms with van der Waals surface area (Å²) < 4.78 is 0. The van der Waals surface area contributed by atoms with Crippen LogP contribution in [-0.2, 0) is 0 Å². The highest BCUT2D eigenvalue weighted by molar-refractivity contribution is 8.02. The Labute approximate surface area is 62.7 Å². The zero-order valence-electron chi connectivity index (χ0n) is 6.61. The monoisotopic (exact) mass is 144 g/mol. The molecule has 0 amide bonds. The van der Waals surface area contributed by atoms with Crippen LogP contribution < -0.4 is 0 Å². The fourth-order valence-corrected chi connectivity index (χ4v) is 1.35. The second-order valence-corrected chi connectivity index (χ2v) is 3.08. The van der Waals surface area contributed by atoms with Crippen molar-refractivity contribution in [2.24, 2.45) is 0 Å². The summed E-state index contributed by atoms with van der Waals surface area (Å²) in [6.45, 7) is 6.61. The van der Waals surface area contributed by atoms with Crippen LogP contribution in [0.5, 0.6) is 0 Å². The molecule has 1 heteroatoms. The largest absolute Gasteiger partial charge is 0.134 e. The van der Waals surface area contributed by atoms with Gasteiger partial charge in [-0.3, -0.25) is 0 Å². The highest BCUT2D eigenvalue weighted by Gasteiger charge is 1.86. The molecule has 0 bridgehead atoms. The maximum Gasteiger partial charge on any atom is -0.00545 e. The Hall–Kier alpha value is 0.0900. The Balaban J connectivity index is 3.48. The average molecular weight is 144 g/mol. The molecule has 0 fully saturated rings. The summed E-state index contributed by atoms with van der Waals surface area (Å²) in [7, 11) is 0. The predicted molar refractivity (Wildman–Crippen MR) is 46.8 cm³/mol. The van der Waals surface area contributed by atoms with Gasteiger partial charge in [0.1, 0.15) is 0 Å². The van der Waals surface area contributed by atoms with Crippen LogP contribution in [0.3, 0.4) is 0 Å². The minimum Gasteiger partial charge on any atom is -0.134 e. The molecule has 0 heterocycles. The van der Waals surface area contributed by atoms with Gasteiger partial charge in [-0.05, 0) is 24.0 Å². The first-order chi connectivity index (χ1) is 4.35. The van der Waals surface area contributed by atoms with Crippen molar-refractivity contribution in [2.75, 3.05) is 5.75 Å². The Morgan fingerprint density at radius 2 is 1.78 bits per heavy atom. The van der Waals surface area contributed by atoms with Gasteiger partial charge in [-0.2, -0.15) is 0 Å². The Kier molecular flexibility index (Phi) is 6.28. The molecule has 0 aliphatic rings. The lowest BCUT2D eigenvalue weighted by Gasteiger charge is -1.96. The molecule has 0 aliphatic heterocycles. The first-order valence-corrected chi connectivity index (χ1v) is 4.69. The Morgan fingerprint density at radius 3 is 2.11 bits per heavy atom. The van der Waals surface area contributed by atoms with Crippen LogP contribution in [0.25, 0.3) is 0 Å². The van der Waals surface area contributed by atoms with Gasteiger partial charge in [-0.1, -0.05) is 26.3 Å². The van der Waals surface area contributed by atoms with E-state index < -0.39 is 0 Å². The first-order valence-electron chi connectivity index (χ1n) is 3.64. The van der Waals surface area contributed by atoms with E-state index in [1.165, 1.54) is 18.6 Å². The maximum atomic E-state index is 2.29. The molecular weight excluding hydrogens is 128 g/mol. The molecule has 0 saturated heterocycles. The van der Waals surface area contributed by atoms with Crippen molar-refractivity contribution in [3.05, 3.63) is 11.0 Å². The molecule has 0 aromatic rings. The number of rotatable bonds is 4. The number of thioether (sulfide) groups is 1. The van der Waals surface area contributed by atoms with Crippen LogP contribution in [0.1, 0.15) is 33.6 Å². The first kappa shape index (κ1) is 9.09. The van der Waals surface area contributed by atoms with E-state index in [2.05, 4.69) is 26.2 Å². The molecule has 0 saturated carbocycles. The van der Waals surface area contributed by atoms with E-state index >= 15 is 0 Å². The van der Waals surface area contributed by atoms with E-state index in [-0.39, 0.29) is 0 Å². The van der Waals surface area contributed by atoms with Crippen LogP contribution in [-0.4, -0.2) is 5.75 Å². The van der Waals surface area contributed by atoms with Crippen molar-refractivity contribution in [1.82, 2.24) is 0 Å². The van der Waals surface area contributed by atoms with Gasteiger partial charge in [0.2, 0.25) is 0 Å². The minimum atomic E-state index is 1.20. The summed E-state index contributed by atoms with van der Waals surface area (Å²) in [5, 5.41) is 2.29. The van der Waals surface area contributed by atoms with Gasteiger partial charge in [-0.15, -0.1) is 11.8 Å². The normalized spacial score (nSPS) is 9.22. The van der Waals surface area contributed by atoms with Crippen LogP contribution in [0.15, 0.2) is 11.0 Å². The Morgan fingerprint density at radius 1 is 1.22 bits per heavy atom. The van der Waals surface area contributed by atoms with Gasteiger partial charge >= 0.3 is 0 Å². The molecule has 0 unspecified atom stereocenters. The van der Waals surface area contributed by atoms with Crippen LogP contribution in [0.2, 0.25) is 0 Å². The standard InChI is InChI=1S/C8H16S/c1-4-8(5-2)7-9-6-3/h7H,4-6H2,1-3H3. The van der Waals surface area contributed by atoms with Crippen molar-refractivity contribution in [2.45, 2.75) is 33.6 Å². The number of allylic oxidation sites excluding steroid dienone is 1. The third-order valence-corrected chi connectivity index (χ3v) is 2.16. The molecule has 0 atom stereocenters. The van der Waals surface area contributed by atoms with Crippen molar-refractivity contribution in [3.8, 4) is 0 Å². The summed E-state index contributed by atoms with van der Waals surface area (Å²) in [5.41, 5.74) is 1.57. The minimum absolute atomic E-state index is 1.20. The van der Waals surface area contributed by atoms with Gasteiger partial charge in [0.05, 0.1) is 0 Å². The van der Waals surface area contributed by atoms with Gasteiger partial charge in [-0.25, -0.2) is 0 Å². The summed E-state index contributed by atoms with van der Waals surface area (Å²) in [6, 6.07) is 0. The third kappa shape index (κ3) is 4.58. The predicted octanol–water partition coefficient (Wildman–Crippen LogP) is 3.44. The van der Waals surface area contributed by atoms with Gasteiger partial charge in [0.25, 0.3) is 0 Å². The van der Waals surface area contributed by atoms with Crippen molar-refractivity contribution in [1.29, 1.82) is 0 Å². The van der Waals surface area contributed by atoms with E-state index in [1.807, 2.05) is 11.8 Å². The summed E-state index contributed by atoms with van der Waals surface area (Å²) in [5.74, 6) is 1.20. The molecule has 0 nitrogen and oxygen atoms in total. The lowest BCUT2D eigenvalue weighted by molar-refractivity contribution is 0.983. The van der Waals surface area contributed by atoms with Crippen LogP contribution >= 0.6 is 11.8 Å². The lowest BCUT2D eigenvalue weighted by Crippen LogP contribution is -1.74. The van der Waals surface area contributed by atoms with Gasteiger partial charge < -0.3 is 0 Å². The molecule has 0 radical (unpaired) electrons. The molecular formula is C8H16S. The van der Waals surface area contributed by atoms with E-state index in [1.54, 1.807) is 5.57 Å². The second kappa shape index (κ2) is 6.21. The fraction of sp³-hybridized carbons (Fsp3) is 0.750. The average Bonchev–Trinajstić information content (AvgIpc) is 1.91. The fourth-order valence-electron chi connectivity index (χ4n) is 0.618. The van der Waals surface area contributed by atoms with Crippen LogP contribution in [0, 0.1) is 0 Å². The van der Waals surface area contributed by atoms with Crippen molar-refractivity contribution in [3.63, 3.8) is 0 Å². The number of hydrogen-bond acceptors (Lipinski definition) is 1.